The molecule has 116 valence electrons. The van der Waals surface area contributed by atoms with Crippen LogP contribution in [0.2, 0.25) is 0 Å². The molecule has 0 aromatic carbocycles. The van der Waals surface area contributed by atoms with Gasteiger partial charge in [0.2, 0.25) is 0 Å². The lowest BCUT2D eigenvalue weighted by molar-refractivity contribution is -0.0226. The number of nitrogens with zero attached hydrogens (tertiary/aromatic N) is 2. The monoisotopic (exact) mass is 291 g/mol. The van der Waals surface area contributed by atoms with E-state index in [0.29, 0.717) is 31.1 Å². The molecule has 1 aliphatic heterocycles. The summed E-state index contributed by atoms with van der Waals surface area (Å²) >= 11 is 0. The van der Waals surface area contributed by atoms with Crippen molar-refractivity contribution >= 4 is 11.7 Å². The summed E-state index contributed by atoms with van der Waals surface area (Å²) in [4.78, 5) is 18.9. The Hall–Kier alpha value is -1.62. The second-order valence-corrected chi connectivity index (χ2v) is 6.57. The maximum absolute atomic E-state index is 12.7. The highest BCUT2D eigenvalue weighted by molar-refractivity contribution is 5.95. The van der Waals surface area contributed by atoms with Crippen LogP contribution in [0.3, 0.4) is 0 Å². The summed E-state index contributed by atoms with van der Waals surface area (Å²) in [6.07, 6.45) is 1.04. The van der Waals surface area contributed by atoms with Crippen molar-refractivity contribution in [2.45, 2.75) is 45.6 Å². The summed E-state index contributed by atoms with van der Waals surface area (Å²) in [5, 5.41) is 0. The van der Waals surface area contributed by atoms with Crippen LogP contribution in [-0.2, 0) is 10.2 Å². The first-order valence-electron chi connectivity index (χ1n) is 7.50. The van der Waals surface area contributed by atoms with Crippen LogP contribution in [0.15, 0.2) is 12.1 Å². The van der Waals surface area contributed by atoms with E-state index < -0.39 is 0 Å². The summed E-state index contributed by atoms with van der Waals surface area (Å²) in [5.74, 6) is 0.405. The second-order valence-electron chi connectivity index (χ2n) is 6.57. The third-order valence-corrected chi connectivity index (χ3v) is 3.74. The van der Waals surface area contributed by atoms with Crippen LogP contribution in [-0.4, -0.2) is 41.6 Å². The third kappa shape index (κ3) is 3.73. The van der Waals surface area contributed by atoms with Gasteiger partial charge in [0.25, 0.3) is 5.91 Å². The molecule has 1 aliphatic rings. The molecule has 1 aromatic rings. The summed E-state index contributed by atoms with van der Waals surface area (Å²) in [5.41, 5.74) is 7.19. The van der Waals surface area contributed by atoms with Crippen molar-refractivity contribution in [2.24, 2.45) is 0 Å². The second kappa shape index (κ2) is 6.02. The molecule has 1 unspecified atom stereocenters. The predicted molar refractivity (Wildman–Crippen MR) is 83.3 cm³/mol. The SMILES string of the molecule is CCC1CN(C(=O)c2cc(N)nc(C(C)(C)C)c2)CCO1. The fourth-order valence-corrected chi connectivity index (χ4v) is 2.39. The van der Waals surface area contributed by atoms with Crippen LogP contribution < -0.4 is 5.73 Å². The Morgan fingerprint density at radius 1 is 1.48 bits per heavy atom. The summed E-state index contributed by atoms with van der Waals surface area (Å²) in [6, 6.07) is 3.52. The van der Waals surface area contributed by atoms with E-state index in [4.69, 9.17) is 10.5 Å². The first-order chi connectivity index (χ1) is 9.81. The average Bonchev–Trinajstić information content (AvgIpc) is 2.45. The Morgan fingerprint density at radius 2 is 2.19 bits per heavy atom. The van der Waals surface area contributed by atoms with Gasteiger partial charge in [-0.25, -0.2) is 4.98 Å². The fraction of sp³-hybridized carbons (Fsp3) is 0.625. The van der Waals surface area contributed by atoms with Crippen LogP contribution in [0, 0.1) is 0 Å². The Kier molecular flexibility index (Phi) is 4.52. The molecule has 1 aromatic heterocycles. The molecule has 0 spiro atoms. The average molecular weight is 291 g/mol. The maximum atomic E-state index is 12.7. The van der Waals surface area contributed by atoms with Gasteiger partial charge in [0, 0.05) is 29.8 Å². The minimum Gasteiger partial charge on any atom is -0.384 e. The third-order valence-electron chi connectivity index (χ3n) is 3.74. The number of hydrogen-bond donors (Lipinski definition) is 1. The number of carbonyl (C=O) groups is 1. The number of nitrogens with two attached hydrogens (primary N) is 1. The van der Waals surface area contributed by atoms with E-state index in [9.17, 15) is 4.79 Å². The molecule has 0 aliphatic carbocycles. The van der Waals surface area contributed by atoms with E-state index in [0.717, 1.165) is 12.1 Å². The van der Waals surface area contributed by atoms with E-state index in [1.54, 1.807) is 6.07 Å². The van der Waals surface area contributed by atoms with Crippen molar-refractivity contribution in [1.82, 2.24) is 9.88 Å². The first-order valence-corrected chi connectivity index (χ1v) is 7.50. The Bertz CT molecular complexity index is 523. The number of morpholine rings is 1. The fourth-order valence-electron chi connectivity index (χ4n) is 2.39. The lowest BCUT2D eigenvalue weighted by Crippen LogP contribution is -2.45. The molecule has 2 rings (SSSR count). The number of carbonyl (C=O) groups excluding carboxylic acids is 1. The molecule has 5 nitrogen and oxygen atoms in total. The lowest BCUT2D eigenvalue weighted by Gasteiger charge is -2.32. The van der Waals surface area contributed by atoms with E-state index in [1.165, 1.54) is 0 Å². The first kappa shape index (κ1) is 15.8. The number of aromatic nitrogens is 1. The standard InChI is InChI=1S/C16H25N3O2/c1-5-12-10-19(6-7-21-12)15(20)11-8-13(16(2,3)4)18-14(17)9-11/h8-9,12H,5-7,10H2,1-4H3,(H2,17,18). The van der Waals surface area contributed by atoms with Gasteiger partial charge in [-0.15, -0.1) is 0 Å². The molecule has 0 saturated carbocycles. The van der Waals surface area contributed by atoms with Crippen LogP contribution in [0.25, 0.3) is 0 Å². The smallest absolute Gasteiger partial charge is 0.254 e. The Labute approximate surface area is 126 Å². The molecule has 2 N–H and O–H groups in total. The van der Waals surface area contributed by atoms with Crippen LogP contribution in [0.1, 0.15) is 50.2 Å². The zero-order valence-electron chi connectivity index (χ0n) is 13.3. The van der Waals surface area contributed by atoms with Crippen molar-refractivity contribution in [1.29, 1.82) is 0 Å². The van der Waals surface area contributed by atoms with Gasteiger partial charge >= 0.3 is 0 Å². The highest BCUT2D eigenvalue weighted by atomic mass is 16.5. The van der Waals surface area contributed by atoms with Crippen LogP contribution in [0.5, 0.6) is 0 Å². The van der Waals surface area contributed by atoms with Gasteiger partial charge in [-0.05, 0) is 18.6 Å². The van der Waals surface area contributed by atoms with Crippen molar-refractivity contribution in [3.05, 3.63) is 23.4 Å². The lowest BCUT2D eigenvalue weighted by atomic mass is 9.90. The van der Waals surface area contributed by atoms with Crippen molar-refractivity contribution in [3.63, 3.8) is 0 Å². The molecule has 1 saturated heterocycles. The highest BCUT2D eigenvalue weighted by Crippen LogP contribution is 2.23. The molecule has 0 radical (unpaired) electrons. The number of rotatable bonds is 2. The van der Waals surface area contributed by atoms with E-state index in [1.807, 2.05) is 11.0 Å². The number of hydrogen-bond acceptors (Lipinski definition) is 4. The number of anilines is 1. The summed E-state index contributed by atoms with van der Waals surface area (Å²) in [6.45, 7) is 10.1. The highest BCUT2D eigenvalue weighted by Gasteiger charge is 2.26. The molecule has 0 bridgehead atoms. The largest absolute Gasteiger partial charge is 0.384 e. The van der Waals surface area contributed by atoms with Crippen LogP contribution in [0.4, 0.5) is 5.82 Å². The minimum absolute atomic E-state index is 0.0105. The molecule has 5 heteroatoms. The Balaban J connectivity index is 2.25. The van der Waals surface area contributed by atoms with Crippen molar-refractivity contribution < 1.29 is 9.53 Å². The normalized spacial score (nSPS) is 19.6. The molecule has 21 heavy (non-hydrogen) atoms. The Morgan fingerprint density at radius 3 is 2.81 bits per heavy atom. The molecule has 1 fully saturated rings. The zero-order chi connectivity index (χ0) is 15.6. The number of ether oxygens (including phenoxy) is 1. The van der Waals surface area contributed by atoms with Crippen molar-refractivity contribution in [3.8, 4) is 0 Å². The number of nitrogen functional groups attached to an aromatic ring is 1. The molecule has 1 atom stereocenters. The van der Waals surface area contributed by atoms with Gasteiger partial charge in [0.05, 0.1) is 12.7 Å². The summed E-state index contributed by atoms with van der Waals surface area (Å²) in [7, 11) is 0. The van der Waals surface area contributed by atoms with Gasteiger partial charge in [0.15, 0.2) is 0 Å². The van der Waals surface area contributed by atoms with Gasteiger partial charge < -0.3 is 15.4 Å². The van der Waals surface area contributed by atoms with Gasteiger partial charge in [-0.1, -0.05) is 27.7 Å². The van der Waals surface area contributed by atoms with E-state index in [-0.39, 0.29) is 17.4 Å². The van der Waals surface area contributed by atoms with Gasteiger partial charge in [-0.3, -0.25) is 4.79 Å². The number of pyridine rings is 1. The molecular formula is C16H25N3O2. The maximum Gasteiger partial charge on any atom is 0.254 e. The quantitative estimate of drug-likeness (QED) is 0.907. The van der Waals surface area contributed by atoms with E-state index >= 15 is 0 Å². The molecule has 1 amide bonds. The predicted octanol–water partition coefficient (Wildman–Crippen LogP) is 2.21. The molecule has 2 heterocycles. The number of amides is 1. The summed E-state index contributed by atoms with van der Waals surface area (Å²) < 4.78 is 5.61. The topological polar surface area (TPSA) is 68.5 Å². The van der Waals surface area contributed by atoms with Crippen LogP contribution >= 0.6 is 0 Å². The van der Waals surface area contributed by atoms with Crippen molar-refractivity contribution in [2.75, 3.05) is 25.4 Å². The van der Waals surface area contributed by atoms with E-state index in [2.05, 4.69) is 32.7 Å². The molecular weight excluding hydrogens is 266 g/mol. The van der Waals surface area contributed by atoms with Gasteiger partial charge in [0.1, 0.15) is 5.82 Å². The minimum atomic E-state index is -0.138. The van der Waals surface area contributed by atoms with Gasteiger partial charge in [-0.2, -0.15) is 0 Å². The zero-order valence-corrected chi connectivity index (χ0v) is 13.3.